The molecule has 0 N–H and O–H groups in total. The Hall–Kier alpha value is -3.26. The fourth-order valence-electron chi connectivity index (χ4n) is 4.04. The van der Waals surface area contributed by atoms with Crippen LogP contribution in [0.5, 0.6) is 0 Å². The van der Waals surface area contributed by atoms with Gasteiger partial charge in [0.25, 0.3) is 0 Å². The second kappa shape index (κ2) is 6.13. The van der Waals surface area contributed by atoms with Crippen LogP contribution in [0, 0.1) is 0 Å². The standard InChI is InChI=1S/C26H22N2/c1-26(2,3)23-14-20(12-19-10-6-7-11-21(19)23)25-22-13-17-8-4-5-9-18(17)15-24(22)27-16-28-25/h4-16H,1-3H3. The van der Waals surface area contributed by atoms with Gasteiger partial charge in [-0.05, 0) is 56.8 Å². The first kappa shape index (κ1) is 16.9. The Labute approximate surface area is 164 Å². The third kappa shape index (κ3) is 2.73. The van der Waals surface area contributed by atoms with Crippen molar-refractivity contribution in [2.45, 2.75) is 26.2 Å². The van der Waals surface area contributed by atoms with Crippen LogP contribution < -0.4 is 0 Å². The summed E-state index contributed by atoms with van der Waals surface area (Å²) in [5.74, 6) is 0. The minimum Gasteiger partial charge on any atom is -0.236 e. The molecule has 0 spiro atoms. The second-order valence-electron chi connectivity index (χ2n) is 8.43. The number of benzene rings is 4. The topological polar surface area (TPSA) is 25.8 Å². The number of hydrogen-bond acceptors (Lipinski definition) is 2. The monoisotopic (exact) mass is 362 g/mol. The first-order valence-electron chi connectivity index (χ1n) is 9.68. The van der Waals surface area contributed by atoms with Crippen molar-refractivity contribution in [1.82, 2.24) is 9.97 Å². The average Bonchev–Trinajstić information content (AvgIpc) is 2.70. The van der Waals surface area contributed by atoms with Gasteiger partial charge in [0.1, 0.15) is 6.33 Å². The molecule has 0 bridgehead atoms. The summed E-state index contributed by atoms with van der Waals surface area (Å²) in [7, 11) is 0. The molecule has 0 amide bonds. The Morgan fingerprint density at radius 3 is 2.07 bits per heavy atom. The summed E-state index contributed by atoms with van der Waals surface area (Å²) in [6.07, 6.45) is 1.68. The van der Waals surface area contributed by atoms with Crippen LogP contribution in [0.2, 0.25) is 0 Å². The van der Waals surface area contributed by atoms with Gasteiger partial charge in [0.15, 0.2) is 0 Å². The van der Waals surface area contributed by atoms with Crippen LogP contribution in [0.15, 0.2) is 79.1 Å². The maximum Gasteiger partial charge on any atom is 0.116 e. The highest BCUT2D eigenvalue weighted by atomic mass is 14.8. The van der Waals surface area contributed by atoms with E-state index < -0.39 is 0 Å². The third-order valence-corrected chi connectivity index (χ3v) is 5.45. The maximum atomic E-state index is 4.70. The van der Waals surface area contributed by atoms with E-state index in [1.165, 1.54) is 27.1 Å². The van der Waals surface area contributed by atoms with Gasteiger partial charge in [-0.15, -0.1) is 0 Å². The normalized spacial score (nSPS) is 12.1. The van der Waals surface area contributed by atoms with Gasteiger partial charge in [-0.3, -0.25) is 0 Å². The zero-order valence-corrected chi connectivity index (χ0v) is 16.4. The molecule has 0 atom stereocenters. The second-order valence-corrected chi connectivity index (χ2v) is 8.43. The molecule has 0 saturated carbocycles. The van der Waals surface area contributed by atoms with Crippen molar-refractivity contribution in [3.05, 3.63) is 84.7 Å². The molecule has 5 aromatic rings. The lowest BCUT2D eigenvalue weighted by Crippen LogP contribution is -2.12. The van der Waals surface area contributed by atoms with Crippen LogP contribution in [0.25, 0.3) is 43.7 Å². The van der Waals surface area contributed by atoms with E-state index in [1.54, 1.807) is 6.33 Å². The molecular formula is C26H22N2. The lowest BCUT2D eigenvalue weighted by atomic mass is 9.82. The van der Waals surface area contributed by atoms with Crippen molar-refractivity contribution in [2.75, 3.05) is 0 Å². The predicted octanol–water partition coefficient (Wildman–Crippen LogP) is 6.90. The SMILES string of the molecule is CC(C)(C)c1cc(-c2ncnc3cc4ccccc4cc23)cc2ccccc12. The average molecular weight is 362 g/mol. The summed E-state index contributed by atoms with van der Waals surface area (Å²) in [6.45, 7) is 6.80. The van der Waals surface area contributed by atoms with E-state index in [0.29, 0.717) is 0 Å². The molecule has 136 valence electrons. The number of nitrogens with zero attached hydrogens (tertiary/aromatic N) is 2. The van der Waals surface area contributed by atoms with Crippen molar-refractivity contribution in [3.63, 3.8) is 0 Å². The minimum atomic E-state index is 0.0468. The van der Waals surface area contributed by atoms with Crippen LogP contribution in [0.4, 0.5) is 0 Å². The number of aromatic nitrogens is 2. The lowest BCUT2D eigenvalue weighted by molar-refractivity contribution is 0.596. The fourth-order valence-corrected chi connectivity index (χ4v) is 4.04. The van der Waals surface area contributed by atoms with Crippen molar-refractivity contribution in [3.8, 4) is 11.3 Å². The van der Waals surface area contributed by atoms with E-state index in [2.05, 4.69) is 98.6 Å². The molecule has 0 radical (unpaired) electrons. The maximum absolute atomic E-state index is 4.70. The van der Waals surface area contributed by atoms with Crippen molar-refractivity contribution < 1.29 is 0 Å². The van der Waals surface area contributed by atoms with Gasteiger partial charge < -0.3 is 0 Å². The van der Waals surface area contributed by atoms with E-state index in [-0.39, 0.29) is 5.41 Å². The third-order valence-electron chi connectivity index (χ3n) is 5.45. The molecule has 5 rings (SSSR count). The summed E-state index contributed by atoms with van der Waals surface area (Å²) >= 11 is 0. The van der Waals surface area contributed by atoms with E-state index in [9.17, 15) is 0 Å². The predicted molar refractivity (Wildman–Crippen MR) is 119 cm³/mol. The highest BCUT2D eigenvalue weighted by Crippen LogP contribution is 2.36. The molecule has 1 aromatic heterocycles. The Morgan fingerprint density at radius 2 is 1.32 bits per heavy atom. The number of rotatable bonds is 1. The van der Waals surface area contributed by atoms with Gasteiger partial charge in [-0.25, -0.2) is 9.97 Å². The van der Waals surface area contributed by atoms with Crippen LogP contribution in [0.3, 0.4) is 0 Å². The smallest absolute Gasteiger partial charge is 0.116 e. The quantitative estimate of drug-likeness (QED) is 0.303. The Kier molecular flexibility index (Phi) is 3.70. The molecule has 1 heterocycles. The van der Waals surface area contributed by atoms with Gasteiger partial charge >= 0.3 is 0 Å². The first-order chi connectivity index (χ1) is 13.5. The Bertz CT molecular complexity index is 1340. The van der Waals surface area contributed by atoms with Gasteiger partial charge in [0.2, 0.25) is 0 Å². The van der Waals surface area contributed by atoms with E-state index in [1.807, 2.05) is 0 Å². The molecule has 28 heavy (non-hydrogen) atoms. The molecule has 0 unspecified atom stereocenters. The van der Waals surface area contributed by atoms with Crippen molar-refractivity contribution >= 4 is 32.4 Å². The van der Waals surface area contributed by atoms with E-state index in [4.69, 9.17) is 4.98 Å². The summed E-state index contributed by atoms with van der Waals surface area (Å²) in [4.78, 5) is 9.24. The van der Waals surface area contributed by atoms with Crippen molar-refractivity contribution in [1.29, 1.82) is 0 Å². The van der Waals surface area contributed by atoms with E-state index >= 15 is 0 Å². The Morgan fingerprint density at radius 1 is 0.643 bits per heavy atom. The molecule has 0 aliphatic carbocycles. The van der Waals surface area contributed by atoms with Crippen LogP contribution in [0.1, 0.15) is 26.3 Å². The largest absolute Gasteiger partial charge is 0.236 e. The van der Waals surface area contributed by atoms with Gasteiger partial charge in [0, 0.05) is 10.9 Å². The molecule has 2 nitrogen and oxygen atoms in total. The lowest BCUT2D eigenvalue weighted by Gasteiger charge is -2.23. The summed E-state index contributed by atoms with van der Waals surface area (Å²) in [5.41, 5.74) is 4.51. The summed E-state index contributed by atoms with van der Waals surface area (Å²) in [6, 6.07) is 26.0. The van der Waals surface area contributed by atoms with Gasteiger partial charge in [0.05, 0.1) is 11.2 Å². The molecular weight excluding hydrogens is 340 g/mol. The molecule has 0 aliphatic heterocycles. The highest BCUT2D eigenvalue weighted by Gasteiger charge is 2.19. The number of hydrogen-bond donors (Lipinski definition) is 0. The van der Waals surface area contributed by atoms with Crippen molar-refractivity contribution in [2.24, 2.45) is 0 Å². The van der Waals surface area contributed by atoms with Crippen LogP contribution in [-0.2, 0) is 5.41 Å². The first-order valence-corrected chi connectivity index (χ1v) is 9.68. The van der Waals surface area contributed by atoms with Crippen LogP contribution in [-0.4, -0.2) is 9.97 Å². The molecule has 0 fully saturated rings. The molecule has 2 heteroatoms. The number of fused-ring (bicyclic) bond motifs is 3. The molecule has 0 aliphatic rings. The highest BCUT2D eigenvalue weighted by molar-refractivity contribution is 6.03. The minimum absolute atomic E-state index is 0.0468. The van der Waals surface area contributed by atoms with Gasteiger partial charge in [-0.2, -0.15) is 0 Å². The van der Waals surface area contributed by atoms with Gasteiger partial charge in [-0.1, -0.05) is 69.3 Å². The molecule has 4 aromatic carbocycles. The molecule has 0 saturated heterocycles. The zero-order valence-electron chi connectivity index (χ0n) is 16.4. The fraction of sp³-hybridized carbons (Fsp3) is 0.154. The van der Waals surface area contributed by atoms with Crippen LogP contribution >= 0.6 is 0 Å². The van der Waals surface area contributed by atoms with E-state index in [0.717, 1.165) is 22.2 Å². The summed E-state index contributed by atoms with van der Waals surface area (Å²) in [5, 5.41) is 6.06. The summed E-state index contributed by atoms with van der Waals surface area (Å²) < 4.78 is 0. The Balaban J connectivity index is 1.85. The zero-order chi connectivity index (χ0) is 19.3.